The fourth-order valence-electron chi connectivity index (χ4n) is 0.742. The number of aliphatic hydroxyl groups excluding tert-OH is 1. The molecule has 1 amide bonds. The van der Waals surface area contributed by atoms with Gasteiger partial charge in [-0.2, -0.15) is 0 Å². The molecule has 0 radical (unpaired) electrons. The highest BCUT2D eigenvalue weighted by atomic mass is 16.3. The van der Waals surface area contributed by atoms with E-state index in [0.717, 1.165) is 0 Å². The monoisotopic (exact) mass is 202 g/mol. The first-order valence-corrected chi connectivity index (χ1v) is 4.83. The molecule has 0 unspecified atom stereocenters. The molecule has 0 rings (SSSR count). The average molecular weight is 202 g/mol. The van der Waals surface area contributed by atoms with E-state index in [2.05, 4.69) is 5.32 Å². The number of amides is 1. The Morgan fingerprint density at radius 2 is 1.86 bits per heavy atom. The van der Waals surface area contributed by atoms with Gasteiger partial charge in [-0.25, -0.2) is 0 Å². The minimum Gasteiger partial charge on any atom is -0.394 e. The Balaban J connectivity index is 4.53. The molecule has 14 heavy (non-hydrogen) atoms. The van der Waals surface area contributed by atoms with Gasteiger partial charge in [0.1, 0.15) is 0 Å². The molecule has 0 saturated heterocycles. The van der Waals surface area contributed by atoms with Gasteiger partial charge in [0.05, 0.1) is 12.0 Å². The quantitative estimate of drug-likeness (QED) is 0.611. The Morgan fingerprint density at radius 3 is 2.14 bits per heavy atom. The van der Waals surface area contributed by atoms with Gasteiger partial charge in [0.2, 0.25) is 5.91 Å². The van der Waals surface area contributed by atoms with Crippen LogP contribution in [0.3, 0.4) is 0 Å². The van der Waals surface area contributed by atoms with Crippen molar-refractivity contribution in [3.8, 4) is 0 Å². The van der Waals surface area contributed by atoms with E-state index in [0.29, 0.717) is 0 Å². The lowest BCUT2D eigenvalue weighted by molar-refractivity contribution is -0.133. The molecule has 0 aromatic heterocycles. The predicted octanol–water partition coefficient (Wildman–Crippen LogP) is 0.247. The molecular formula is C10H22N2O2. The number of nitrogens with two attached hydrogens (primary N) is 1. The van der Waals surface area contributed by atoms with Crippen LogP contribution in [0.4, 0.5) is 0 Å². The molecule has 0 saturated carbocycles. The van der Waals surface area contributed by atoms with Crippen LogP contribution in [0.5, 0.6) is 0 Å². The number of hydrogen-bond acceptors (Lipinski definition) is 3. The molecule has 0 heterocycles. The third kappa shape index (κ3) is 2.96. The van der Waals surface area contributed by atoms with Crippen LogP contribution in [-0.4, -0.2) is 29.2 Å². The van der Waals surface area contributed by atoms with E-state index in [1.54, 1.807) is 20.8 Å². The minimum atomic E-state index is -0.656. The standard InChI is InChI=1S/C10H22N2O2/c1-7(6-13)12-8(14)9(2,3)10(4,5)11/h7,13H,6,11H2,1-5H3,(H,12,14)/t7-/m1/s1. The molecule has 4 N–H and O–H groups in total. The topological polar surface area (TPSA) is 75.3 Å². The third-order valence-electron chi connectivity index (χ3n) is 2.83. The van der Waals surface area contributed by atoms with E-state index in [4.69, 9.17) is 10.8 Å². The largest absolute Gasteiger partial charge is 0.394 e. The summed E-state index contributed by atoms with van der Waals surface area (Å²) in [5.41, 5.74) is 4.66. The minimum absolute atomic E-state index is 0.0627. The number of rotatable bonds is 4. The average Bonchev–Trinajstić information content (AvgIpc) is 2.01. The Bertz CT molecular complexity index is 207. The summed E-state index contributed by atoms with van der Waals surface area (Å²) in [6.45, 7) is 8.91. The molecule has 0 aliphatic heterocycles. The summed E-state index contributed by atoms with van der Waals surface area (Å²) >= 11 is 0. The first-order valence-electron chi connectivity index (χ1n) is 4.83. The lowest BCUT2D eigenvalue weighted by Crippen LogP contribution is -2.57. The Kier molecular flexibility index (Phi) is 4.09. The fraction of sp³-hybridized carbons (Fsp3) is 0.900. The maximum atomic E-state index is 11.8. The SMILES string of the molecule is C[C@H](CO)NC(=O)C(C)(C)C(C)(C)N. The summed E-state index contributed by atoms with van der Waals surface area (Å²) in [5, 5.41) is 11.5. The van der Waals surface area contributed by atoms with Crippen molar-refractivity contribution in [3.05, 3.63) is 0 Å². The number of carbonyl (C=O) groups is 1. The number of nitrogens with one attached hydrogen (secondary N) is 1. The normalized spacial score (nSPS) is 15.1. The highest BCUT2D eigenvalue weighted by Gasteiger charge is 2.40. The van der Waals surface area contributed by atoms with Gasteiger partial charge in [-0.05, 0) is 34.6 Å². The molecule has 0 bridgehead atoms. The van der Waals surface area contributed by atoms with Crippen LogP contribution in [0.15, 0.2) is 0 Å². The van der Waals surface area contributed by atoms with Crippen LogP contribution in [0, 0.1) is 5.41 Å². The predicted molar refractivity (Wildman–Crippen MR) is 56.7 cm³/mol. The van der Waals surface area contributed by atoms with Gasteiger partial charge in [0.25, 0.3) is 0 Å². The molecule has 0 fully saturated rings. The van der Waals surface area contributed by atoms with Crippen molar-refractivity contribution in [1.82, 2.24) is 5.32 Å². The van der Waals surface area contributed by atoms with Crippen molar-refractivity contribution in [3.63, 3.8) is 0 Å². The second-order valence-electron chi connectivity index (χ2n) is 4.90. The van der Waals surface area contributed by atoms with Crippen LogP contribution in [-0.2, 0) is 4.79 Å². The summed E-state index contributed by atoms with van der Waals surface area (Å²) in [4.78, 5) is 11.8. The van der Waals surface area contributed by atoms with Crippen molar-refractivity contribution in [1.29, 1.82) is 0 Å². The van der Waals surface area contributed by atoms with E-state index in [1.165, 1.54) is 0 Å². The molecule has 4 nitrogen and oxygen atoms in total. The number of hydrogen-bond donors (Lipinski definition) is 3. The van der Waals surface area contributed by atoms with Crippen molar-refractivity contribution in [2.45, 2.75) is 46.2 Å². The third-order valence-corrected chi connectivity index (χ3v) is 2.83. The van der Waals surface area contributed by atoms with E-state index in [-0.39, 0.29) is 18.6 Å². The van der Waals surface area contributed by atoms with Crippen molar-refractivity contribution in [2.75, 3.05) is 6.61 Å². The van der Waals surface area contributed by atoms with Gasteiger partial charge >= 0.3 is 0 Å². The summed E-state index contributed by atoms with van der Waals surface area (Å²) in [6.07, 6.45) is 0. The van der Waals surface area contributed by atoms with Gasteiger partial charge in [0, 0.05) is 11.6 Å². The molecular weight excluding hydrogens is 180 g/mol. The van der Waals surface area contributed by atoms with Crippen molar-refractivity contribution >= 4 is 5.91 Å². The van der Waals surface area contributed by atoms with Gasteiger partial charge in [0.15, 0.2) is 0 Å². The van der Waals surface area contributed by atoms with Crippen LogP contribution in [0.2, 0.25) is 0 Å². The van der Waals surface area contributed by atoms with Gasteiger partial charge in [-0.15, -0.1) is 0 Å². The van der Waals surface area contributed by atoms with Crippen molar-refractivity contribution in [2.24, 2.45) is 11.1 Å². The number of aliphatic hydroxyl groups is 1. The Morgan fingerprint density at radius 1 is 1.43 bits per heavy atom. The zero-order valence-electron chi connectivity index (χ0n) is 9.72. The second kappa shape index (κ2) is 4.28. The van der Waals surface area contributed by atoms with Crippen LogP contribution >= 0.6 is 0 Å². The van der Waals surface area contributed by atoms with Gasteiger partial charge < -0.3 is 16.2 Å². The highest BCUT2D eigenvalue weighted by Crippen LogP contribution is 2.28. The Labute approximate surface area is 85.9 Å². The van der Waals surface area contributed by atoms with E-state index < -0.39 is 11.0 Å². The highest BCUT2D eigenvalue weighted by molar-refractivity contribution is 5.83. The summed E-state index contributed by atoms with van der Waals surface area (Å²) in [7, 11) is 0. The molecule has 0 aromatic carbocycles. The van der Waals surface area contributed by atoms with Crippen LogP contribution in [0.1, 0.15) is 34.6 Å². The smallest absolute Gasteiger partial charge is 0.227 e. The van der Waals surface area contributed by atoms with Crippen LogP contribution < -0.4 is 11.1 Å². The molecule has 0 aliphatic carbocycles. The zero-order valence-corrected chi connectivity index (χ0v) is 9.72. The molecule has 84 valence electrons. The van der Waals surface area contributed by atoms with Gasteiger partial charge in [-0.1, -0.05) is 0 Å². The molecule has 1 atom stereocenters. The first kappa shape index (κ1) is 13.4. The molecule has 0 aromatic rings. The number of carbonyl (C=O) groups excluding carboxylic acids is 1. The maximum absolute atomic E-state index is 11.8. The molecule has 0 aliphatic rings. The van der Waals surface area contributed by atoms with E-state index in [9.17, 15) is 4.79 Å². The van der Waals surface area contributed by atoms with Crippen molar-refractivity contribution < 1.29 is 9.90 Å². The summed E-state index contributed by atoms with van der Waals surface area (Å²) in [5.74, 6) is -0.133. The molecule has 0 spiro atoms. The first-order chi connectivity index (χ1) is 6.13. The van der Waals surface area contributed by atoms with Crippen LogP contribution in [0.25, 0.3) is 0 Å². The van der Waals surface area contributed by atoms with Gasteiger partial charge in [-0.3, -0.25) is 4.79 Å². The summed E-state index contributed by atoms with van der Waals surface area (Å²) < 4.78 is 0. The lowest BCUT2D eigenvalue weighted by Gasteiger charge is -2.37. The maximum Gasteiger partial charge on any atom is 0.227 e. The fourth-order valence-corrected chi connectivity index (χ4v) is 0.742. The van der Waals surface area contributed by atoms with E-state index in [1.807, 2.05) is 13.8 Å². The zero-order chi connectivity index (χ0) is 11.6. The summed E-state index contributed by atoms with van der Waals surface area (Å²) in [6, 6.07) is -0.232. The van der Waals surface area contributed by atoms with E-state index >= 15 is 0 Å². The molecule has 4 heteroatoms. The second-order valence-corrected chi connectivity index (χ2v) is 4.90. The Hall–Kier alpha value is -0.610. The lowest BCUT2D eigenvalue weighted by atomic mass is 9.74.